The molecular weight excluding hydrogens is 212 g/mol. The van der Waals surface area contributed by atoms with E-state index >= 15 is 0 Å². The van der Waals surface area contributed by atoms with Crippen LogP contribution in [0.2, 0.25) is 0 Å². The Bertz CT molecular complexity index is 353. The maximum Gasteiger partial charge on any atom is 0.105 e. The molecule has 3 nitrogen and oxygen atoms in total. The number of likely N-dealkylation sites (tertiary alicyclic amines) is 1. The van der Waals surface area contributed by atoms with Crippen molar-refractivity contribution < 1.29 is 4.42 Å². The van der Waals surface area contributed by atoms with Crippen molar-refractivity contribution in [3.8, 4) is 0 Å². The van der Waals surface area contributed by atoms with Crippen molar-refractivity contribution in [2.75, 3.05) is 26.2 Å². The molecule has 2 rings (SSSR count). The fraction of sp³-hybridized carbons (Fsp3) is 0.714. The van der Waals surface area contributed by atoms with Crippen LogP contribution in [0.5, 0.6) is 0 Å². The molecule has 1 fully saturated rings. The van der Waals surface area contributed by atoms with E-state index in [1.54, 1.807) is 0 Å². The van der Waals surface area contributed by atoms with Gasteiger partial charge in [-0.2, -0.15) is 0 Å². The van der Waals surface area contributed by atoms with E-state index in [2.05, 4.69) is 23.2 Å². The van der Waals surface area contributed by atoms with Gasteiger partial charge in [-0.05, 0) is 52.8 Å². The van der Waals surface area contributed by atoms with Gasteiger partial charge < -0.3 is 14.6 Å². The van der Waals surface area contributed by atoms with Gasteiger partial charge in [0.15, 0.2) is 0 Å². The highest BCUT2D eigenvalue weighted by molar-refractivity contribution is 5.23. The van der Waals surface area contributed by atoms with Crippen LogP contribution < -0.4 is 5.32 Å². The first-order valence-corrected chi connectivity index (χ1v) is 6.69. The fourth-order valence-electron chi connectivity index (χ4n) is 2.64. The number of furan rings is 1. The SMILES string of the molecule is Cc1cc(C(C)NCCN2CCCC2)c(C)o1. The molecule has 0 bridgehead atoms. The minimum absolute atomic E-state index is 0.384. The molecule has 1 saturated heterocycles. The van der Waals surface area contributed by atoms with Crippen molar-refractivity contribution in [2.45, 2.75) is 39.7 Å². The van der Waals surface area contributed by atoms with E-state index in [4.69, 9.17) is 4.42 Å². The van der Waals surface area contributed by atoms with E-state index in [0.29, 0.717) is 6.04 Å². The predicted octanol–water partition coefficient (Wildman–Crippen LogP) is 2.64. The molecule has 0 aromatic carbocycles. The monoisotopic (exact) mass is 236 g/mol. The minimum atomic E-state index is 0.384. The highest BCUT2D eigenvalue weighted by Gasteiger charge is 2.14. The summed E-state index contributed by atoms with van der Waals surface area (Å²) >= 11 is 0. The van der Waals surface area contributed by atoms with E-state index in [9.17, 15) is 0 Å². The van der Waals surface area contributed by atoms with Crippen LogP contribution in [-0.4, -0.2) is 31.1 Å². The Kier molecular flexibility index (Phi) is 4.24. The lowest BCUT2D eigenvalue weighted by atomic mass is 10.1. The summed E-state index contributed by atoms with van der Waals surface area (Å²) in [5.41, 5.74) is 1.30. The second kappa shape index (κ2) is 5.69. The molecule has 1 N–H and O–H groups in total. The molecule has 1 aromatic rings. The molecule has 1 aromatic heterocycles. The molecular formula is C14H24N2O. The van der Waals surface area contributed by atoms with Crippen LogP contribution in [0.4, 0.5) is 0 Å². The maximum absolute atomic E-state index is 5.56. The van der Waals surface area contributed by atoms with Gasteiger partial charge in [0, 0.05) is 24.7 Å². The summed E-state index contributed by atoms with van der Waals surface area (Å²) in [6, 6.07) is 2.53. The largest absolute Gasteiger partial charge is 0.466 e. The lowest BCUT2D eigenvalue weighted by molar-refractivity contribution is 0.329. The Morgan fingerprint density at radius 2 is 2.06 bits per heavy atom. The van der Waals surface area contributed by atoms with Crippen LogP contribution in [0.3, 0.4) is 0 Å². The fourth-order valence-corrected chi connectivity index (χ4v) is 2.64. The number of aryl methyl sites for hydroxylation is 2. The Morgan fingerprint density at radius 3 is 2.65 bits per heavy atom. The smallest absolute Gasteiger partial charge is 0.105 e. The maximum atomic E-state index is 5.56. The molecule has 3 heteroatoms. The number of nitrogens with one attached hydrogen (secondary N) is 1. The minimum Gasteiger partial charge on any atom is -0.466 e. The topological polar surface area (TPSA) is 28.4 Å². The van der Waals surface area contributed by atoms with Crippen LogP contribution in [0.1, 0.15) is 42.9 Å². The Hall–Kier alpha value is -0.800. The van der Waals surface area contributed by atoms with Gasteiger partial charge in [-0.15, -0.1) is 0 Å². The number of rotatable bonds is 5. The van der Waals surface area contributed by atoms with E-state index in [-0.39, 0.29) is 0 Å². The van der Waals surface area contributed by atoms with Gasteiger partial charge in [-0.1, -0.05) is 0 Å². The lowest BCUT2D eigenvalue weighted by Crippen LogP contribution is -2.31. The summed E-state index contributed by atoms with van der Waals surface area (Å²) in [6.07, 6.45) is 2.74. The first-order valence-electron chi connectivity index (χ1n) is 6.69. The predicted molar refractivity (Wildman–Crippen MR) is 70.3 cm³/mol. The van der Waals surface area contributed by atoms with Crippen LogP contribution in [0.25, 0.3) is 0 Å². The Morgan fingerprint density at radius 1 is 1.35 bits per heavy atom. The summed E-state index contributed by atoms with van der Waals surface area (Å²) in [7, 11) is 0. The average Bonchev–Trinajstić information content (AvgIpc) is 2.88. The summed E-state index contributed by atoms with van der Waals surface area (Å²) in [4.78, 5) is 2.53. The lowest BCUT2D eigenvalue weighted by Gasteiger charge is -2.18. The third-order valence-electron chi connectivity index (χ3n) is 3.62. The number of nitrogens with zero attached hydrogens (tertiary/aromatic N) is 1. The Labute approximate surface area is 104 Å². The standard InChI is InChI=1S/C14H24N2O/c1-11-10-14(13(3)17-11)12(2)15-6-9-16-7-4-5-8-16/h10,12,15H,4-9H2,1-3H3. The van der Waals surface area contributed by atoms with Crippen molar-refractivity contribution in [2.24, 2.45) is 0 Å². The number of hydrogen-bond donors (Lipinski definition) is 1. The van der Waals surface area contributed by atoms with Crippen molar-refractivity contribution in [1.82, 2.24) is 10.2 Å². The molecule has 0 radical (unpaired) electrons. The van der Waals surface area contributed by atoms with Gasteiger partial charge in [-0.3, -0.25) is 0 Å². The second-order valence-corrected chi connectivity index (χ2v) is 5.09. The first kappa shape index (κ1) is 12.7. The molecule has 0 spiro atoms. The molecule has 0 saturated carbocycles. The molecule has 1 aliphatic heterocycles. The zero-order chi connectivity index (χ0) is 12.3. The van der Waals surface area contributed by atoms with Crippen LogP contribution >= 0.6 is 0 Å². The van der Waals surface area contributed by atoms with Crippen LogP contribution in [0, 0.1) is 13.8 Å². The van der Waals surface area contributed by atoms with Crippen molar-refractivity contribution in [1.29, 1.82) is 0 Å². The van der Waals surface area contributed by atoms with Gasteiger partial charge in [0.1, 0.15) is 11.5 Å². The van der Waals surface area contributed by atoms with Crippen LogP contribution in [-0.2, 0) is 0 Å². The third-order valence-corrected chi connectivity index (χ3v) is 3.62. The van der Waals surface area contributed by atoms with Crippen molar-refractivity contribution in [3.05, 3.63) is 23.2 Å². The summed E-state index contributed by atoms with van der Waals surface area (Å²) in [5.74, 6) is 2.05. The molecule has 17 heavy (non-hydrogen) atoms. The molecule has 1 unspecified atom stereocenters. The number of hydrogen-bond acceptors (Lipinski definition) is 3. The molecule has 2 heterocycles. The third kappa shape index (κ3) is 3.33. The van der Waals surface area contributed by atoms with E-state index in [0.717, 1.165) is 18.1 Å². The van der Waals surface area contributed by atoms with Gasteiger partial charge >= 0.3 is 0 Å². The van der Waals surface area contributed by atoms with E-state index in [1.165, 1.54) is 38.0 Å². The van der Waals surface area contributed by atoms with Crippen LogP contribution in [0.15, 0.2) is 10.5 Å². The molecule has 0 aliphatic carbocycles. The van der Waals surface area contributed by atoms with Crippen molar-refractivity contribution >= 4 is 0 Å². The molecule has 96 valence electrons. The quantitative estimate of drug-likeness (QED) is 0.852. The van der Waals surface area contributed by atoms with E-state index in [1.807, 2.05) is 13.8 Å². The van der Waals surface area contributed by atoms with Gasteiger partial charge in [0.2, 0.25) is 0 Å². The first-order chi connectivity index (χ1) is 8.16. The highest BCUT2D eigenvalue weighted by atomic mass is 16.3. The van der Waals surface area contributed by atoms with Gasteiger partial charge in [-0.25, -0.2) is 0 Å². The molecule has 1 aliphatic rings. The molecule has 1 atom stereocenters. The summed E-state index contributed by atoms with van der Waals surface area (Å²) in [6.45, 7) is 11.0. The van der Waals surface area contributed by atoms with Gasteiger partial charge in [0.05, 0.1) is 0 Å². The average molecular weight is 236 g/mol. The Balaban J connectivity index is 1.76. The zero-order valence-corrected chi connectivity index (χ0v) is 11.3. The summed E-state index contributed by atoms with van der Waals surface area (Å²) < 4.78 is 5.56. The zero-order valence-electron chi connectivity index (χ0n) is 11.3. The normalized spacial score (nSPS) is 18.8. The highest BCUT2D eigenvalue weighted by Crippen LogP contribution is 2.20. The summed E-state index contributed by atoms with van der Waals surface area (Å²) in [5, 5.41) is 3.58. The van der Waals surface area contributed by atoms with Crippen molar-refractivity contribution in [3.63, 3.8) is 0 Å². The second-order valence-electron chi connectivity index (χ2n) is 5.09. The van der Waals surface area contributed by atoms with E-state index < -0.39 is 0 Å². The van der Waals surface area contributed by atoms with Gasteiger partial charge in [0.25, 0.3) is 0 Å². The molecule has 0 amide bonds.